The van der Waals surface area contributed by atoms with Crippen molar-refractivity contribution in [2.45, 2.75) is 13.0 Å². The van der Waals surface area contributed by atoms with E-state index in [9.17, 15) is 0 Å². The van der Waals surface area contributed by atoms with Crippen LogP contribution in [0.5, 0.6) is 5.75 Å². The van der Waals surface area contributed by atoms with Gasteiger partial charge in [-0.3, -0.25) is 0 Å². The van der Waals surface area contributed by atoms with Crippen LogP contribution in [-0.4, -0.2) is 13.7 Å². The van der Waals surface area contributed by atoms with E-state index in [4.69, 9.17) is 27.9 Å². The quantitative estimate of drug-likeness (QED) is 0.733. The van der Waals surface area contributed by atoms with Crippen LogP contribution in [0.25, 0.3) is 0 Å². The highest BCUT2D eigenvalue weighted by Gasteiger charge is 2.20. The molecule has 2 nitrogen and oxygen atoms in total. The highest BCUT2D eigenvalue weighted by molar-refractivity contribution is 9.10. The van der Waals surface area contributed by atoms with Crippen molar-refractivity contribution in [1.82, 2.24) is 5.32 Å². The van der Waals surface area contributed by atoms with E-state index in [2.05, 4.69) is 28.2 Å². The largest absolute Gasteiger partial charge is 0.496 e. The van der Waals surface area contributed by atoms with E-state index in [-0.39, 0.29) is 6.04 Å². The summed E-state index contributed by atoms with van der Waals surface area (Å²) in [7, 11) is 1.67. The number of benzene rings is 2. The molecule has 0 aliphatic rings. The van der Waals surface area contributed by atoms with Gasteiger partial charge in [0.15, 0.2) is 0 Å². The van der Waals surface area contributed by atoms with Gasteiger partial charge in [0, 0.05) is 20.1 Å². The third-order valence-corrected chi connectivity index (χ3v) is 4.24. The third-order valence-electron chi connectivity index (χ3n) is 3.18. The van der Waals surface area contributed by atoms with Crippen LogP contribution in [0.4, 0.5) is 0 Å². The van der Waals surface area contributed by atoms with Gasteiger partial charge in [0.2, 0.25) is 0 Å². The van der Waals surface area contributed by atoms with Crippen molar-refractivity contribution in [3.63, 3.8) is 0 Å². The molecular weight excluding hydrogens is 373 g/mol. The summed E-state index contributed by atoms with van der Waals surface area (Å²) in [6.45, 7) is 2.86. The van der Waals surface area contributed by atoms with Crippen molar-refractivity contribution in [2.24, 2.45) is 0 Å². The van der Waals surface area contributed by atoms with Crippen LogP contribution in [0.2, 0.25) is 10.0 Å². The number of hydrogen-bond donors (Lipinski definition) is 1. The van der Waals surface area contributed by atoms with E-state index in [0.717, 1.165) is 27.9 Å². The van der Waals surface area contributed by atoms with Crippen LogP contribution in [0.15, 0.2) is 40.9 Å². The fraction of sp³-hybridized carbons (Fsp3) is 0.250. The minimum Gasteiger partial charge on any atom is -0.496 e. The van der Waals surface area contributed by atoms with Crippen molar-refractivity contribution in [1.29, 1.82) is 0 Å². The van der Waals surface area contributed by atoms with Crippen LogP contribution in [0, 0.1) is 0 Å². The molecule has 0 radical (unpaired) electrons. The molecule has 2 aromatic carbocycles. The average molecular weight is 389 g/mol. The lowest BCUT2D eigenvalue weighted by atomic mass is 9.97. The summed E-state index contributed by atoms with van der Waals surface area (Å²) >= 11 is 15.9. The molecule has 0 fully saturated rings. The summed E-state index contributed by atoms with van der Waals surface area (Å²) in [5.74, 6) is 0.815. The van der Waals surface area contributed by atoms with Crippen molar-refractivity contribution in [2.75, 3.05) is 13.7 Å². The lowest BCUT2D eigenvalue weighted by Crippen LogP contribution is -2.23. The number of ether oxygens (including phenoxy) is 1. The number of methoxy groups -OCH3 is 1. The van der Waals surface area contributed by atoms with E-state index in [0.29, 0.717) is 10.0 Å². The van der Waals surface area contributed by atoms with E-state index >= 15 is 0 Å². The molecular formula is C16H16BrCl2NO. The molecule has 5 heteroatoms. The SMILES string of the molecule is CCNC(c1ccc(Cl)cc1Cl)c1cc(Br)ccc1OC. The van der Waals surface area contributed by atoms with Gasteiger partial charge in [-0.1, -0.05) is 52.1 Å². The Balaban J connectivity index is 2.55. The molecule has 0 aliphatic heterocycles. The smallest absolute Gasteiger partial charge is 0.124 e. The van der Waals surface area contributed by atoms with E-state index in [1.165, 1.54) is 0 Å². The third kappa shape index (κ3) is 3.92. The van der Waals surface area contributed by atoms with Gasteiger partial charge in [0.1, 0.15) is 5.75 Å². The summed E-state index contributed by atoms with van der Waals surface area (Å²) in [4.78, 5) is 0. The summed E-state index contributed by atoms with van der Waals surface area (Å²) in [5.41, 5.74) is 2.00. The Morgan fingerprint density at radius 3 is 2.52 bits per heavy atom. The molecule has 2 aromatic rings. The first-order valence-electron chi connectivity index (χ1n) is 6.58. The predicted octanol–water partition coefficient (Wildman–Crippen LogP) is 5.46. The lowest BCUT2D eigenvalue weighted by molar-refractivity contribution is 0.404. The summed E-state index contributed by atoms with van der Waals surface area (Å²) in [5, 5.41) is 4.71. The fourth-order valence-corrected chi connectivity index (χ4v) is 3.15. The predicted molar refractivity (Wildman–Crippen MR) is 92.7 cm³/mol. The van der Waals surface area contributed by atoms with Crippen molar-refractivity contribution < 1.29 is 4.74 Å². The summed E-state index contributed by atoms with van der Waals surface area (Å²) < 4.78 is 6.47. The molecule has 0 spiro atoms. The fourth-order valence-electron chi connectivity index (χ4n) is 2.26. The highest BCUT2D eigenvalue weighted by atomic mass is 79.9. The zero-order valence-corrected chi connectivity index (χ0v) is 14.9. The molecule has 1 atom stereocenters. The Bertz CT molecular complexity index is 634. The number of hydrogen-bond acceptors (Lipinski definition) is 2. The second kappa shape index (κ2) is 7.50. The average Bonchev–Trinajstić information content (AvgIpc) is 2.45. The highest BCUT2D eigenvalue weighted by Crippen LogP contribution is 2.36. The van der Waals surface area contributed by atoms with Crippen LogP contribution in [-0.2, 0) is 0 Å². The van der Waals surface area contributed by atoms with Gasteiger partial charge in [0.05, 0.1) is 13.2 Å². The maximum absolute atomic E-state index is 6.37. The lowest BCUT2D eigenvalue weighted by Gasteiger charge is -2.22. The second-order valence-electron chi connectivity index (χ2n) is 4.54. The molecule has 0 bridgehead atoms. The monoisotopic (exact) mass is 387 g/mol. The van der Waals surface area contributed by atoms with Gasteiger partial charge in [0.25, 0.3) is 0 Å². The Labute approximate surface area is 143 Å². The van der Waals surface area contributed by atoms with Crippen LogP contribution in [0.3, 0.4) is 0 Å². The Morgan fingerprint density at radius 1 is 1.14 bits per heavy atom. The van der Waals surface area contributed by atoms with Crippen molar-refractivity contribution in [3.8, 4) is 5.75 Å². The normalized spacial score (nSPS) is 12.2. The minimum absolute atomic E-state index is 0.0628. The van der Waals surface area contributed by atoms with Crippen LogP contribution >= 0.6 is 39.1 Å². The number of nitrogens with one attached hydrogen (secondary N) is 1. The Morgan fingerprint density at radius 2 is 1.90 bits per heavy atom. The maximum atomic E-state index is 6.37. The molecule has 0 amide bonds. The van der Waals surface area contributed by atoms with E-state index in [1.807, 2.05) is 30.3 Å². The second-order valence-corrected chi connectivity index (χ2v) is 6.30. The molecule has 0 aliphatic carbocycles. The van der Waals surface area contributed by atoms with E-state index in [1.54, 1.807) is 13.2 Å². The van der Waals surface area contributed by atoms with Gasteiger partial charge in [-0.05, 0) is 42.4 Å². The summed E-state index contributed by atoms with van der Waals surface area (Å²) in [6.07, 6.45) is 0. The minimum atomic E-state index is -0.0628. The Hall–Kier alpha value is -0.740. The molecule has 21 heavy (non-hydrogen) atoms. The van der Waals surface area contributed by atoms with Gasteiger partial charge in [-0.2, -0.15) is 0 Å². The van der Waals surface area contributed by atoms with Gasteiger partial charge in [-0.25, -0.2) is 0 Å². The summed E-state index contributed by atoms with van der Waals surface area (Å²) in [6, 6.07) is 11.4. The molecule has 1 N–H and O–H groups in total. The first kappa shape index (κ1) is 16.6. The van der Waals surface area contributed by atoms with Crippen LogP contribution in [0.1, 0.15) is 24.1 Å². The first-order valence-corrected chi connectivity index (χ1v) is 8.13. The topological polar surface area (TPSA) is 21.3 Å². The molecule has 0 heterocycles. The Kier molecular flexibility index (Phi) is 5.94. The zero-order chi connectivity index (χ0) is 15.4. The molecule has 0 aromatic heterocycles. The number of halogens is 3. The molecule has 2 rings (SSSR count). The van der Waals surface area contributed by atoms with Crippen LogP contribution < -0.4 is 10.1 Å². The molecule has 0 saturated heterocycles. The van der Waals surface area contributed by atoms with Gasteiger partial charge >= 0.3 is 0 Å². The van der Waals surface area contributed by atoms with E-state index < -0.39 is 0 Å². The molecule has 0 saturated carbocycles. The zero-order valence-electron chi connectivity index (χ0n) is 11.8. The molecule has 112 valence electrons. The first-order chi connectivity index (χ1) is 10.1. The standard InChI is InChI=1S/C16H16BrCl2NO/c1-3-20-16(12-6-5-11(18)9-14(12)19)13-8-10(17)4-7-15(13)21-2/h4-9,16,20H,3H2,1-2H3. The number of rotatable bonds is 5. The van der Waals surface area contributed by atoms with Crippen molar-refractivity contribution >= 4 is 39.1 Å². The van der Waals surface area contributed by atoms with Gasteiger partial charge < -0.3 is 10.1 Å². The maximum Gasteiger partial charge on any atom is 0.124 e. The van der Waals surface area contributed by atoms with Gasteiger partial charge in [-0.15, -0.1) is 0 Å². The van der Waals surface area contributed by atoms with Crippen molar-refractivity contribution in [3.05, 3.63) is 62.0 Å². The molecule has 1 unspecified atom stereocenters.